The van der Waals surface area contributed by atoms with E-state index in [0.29, 0.717) is 12.2 Å². The Labute approximate surface area is 202 Å². The van der Waals surface area contributed by atoms with E-state index in [-0.39, 0.29) is 6.61 Å². The molecule has 0 saturated heterocycles. The first-order chi connectivity index (χ1) is 16.6. The maximum absolute atomic E-state index is 12.1. The lowest BCUT2D eigenvalue weighted by molar-refractivity contribution is -0.643. The fourth-order valence-corrected chi connectivity index (χ4v) is 4.97. The number of anilines is 2. The van der Waals surface area contributed by atoms with Gasteiger partial charge in [0.05, 0.1) is 6.54 Å². The minimum absolute atomic E-state index is 0.268. The van der Waals surface area contributed by atoms with E-state index in [1.54, 1.807) is 11.3 Å². The average molecular weight is 470 g/mol. The summed E-state index contributed by atoms with van der Waals surface area (Å²) in [4.78, 5) is 20.2. The molecule has 0 bridgehead atoms. The molecule has 3 heterocycles. The monoisotopic (exact) mass is 469 g/mol. The van der Waals surface area contributed by atoms with Gasteiger partial charge in [-0.3, -0.25) is 5.32 Å². The minimum atomic E-state index is -0.458. The smallest absolute Gasteiger partial charge is 0.411 e. The van der Waals surface area contributed by atoms with Crippen LogP contribution in [0.15, 0.2) is 79.1 Å². The summed E-state index contributed by atoms with van der Waals surface area (Å²) in [5.74, 6) is 0. The molecule has 0 saturated carbocycles. The number of ether oxygens (including phenoxy) is 1. The number of aromatic nitrogens is 2. The number of aryl methyl sites for hydroxylation is 2. The fourth-order valence-electron chi connectivity index (χ4n) is 4.04. The van der Waals surface area contributed by atoms with Crippen molar-refractivity contribution in [2.24, 2.45) is 7.05 Å². The summed E-state index contributed by atoms with van der Waals surface area (Å²) in [7, 11) is 2.06. The second kappa shape index (κ2) is 9.49. The molecule has 0 atom stereocenters. The van der Waals surface area contributed by atoms with E-state index in [4.69, 9.17) is 9.72 Å². The van der Waals surface area contributed by atoms with Crippen LogP contribution in [-0.2, 0) is 11.8 Å². The number of para-hydroxylation sites is 2. The number of allylic oxidation sites excluding steroid dienone is 2. The van der Waals surface area contributed by atoms with Gasteiger partial charge in [-0.2, -0.15) is 4.57 Å². The first kappa shape index (κ1) is 21.9. The zero-order valence-electron chi connectivity index (χ0n) is 19.1. The number of nitrogens with zero attached hydrogens (tertiary/aromatic N) is 3. The second-order valence-corrected chi connectivity index (χ2v) is 9.13. The first-order valence-electron chi connectivity index (χ1n) is 11.1. The Morgan fingerprint density at radius 1 is 1.18 bits per heavy atom. The van der Waals surface area contributed by atoms with E-state index in [0.717, 1.165) is 32.2 Å². The van der Waals surface area contributed by atoms with Crippen LogP contribution in [0.1, 0.15) is 16.1 Å². The molecule has 4 aromatic rings. The van der Waals surface area contributed by atoms with E-state index in [1.165, 1.54) is 5.56 Å². The highest BCUT2D eigenvalue weighted by atomic mass is 32.1. The third-order valence-electron chi connectivity index (χ3n) is 5.56. The molecule has 5 rings (SSSR count). The van der Waals surface area contributed by atoms with Crippen LogP contribution in [0.4, 0.5) is 16.2 Å². The first-order valence-corrected chi connectivity index (χ1v) is 11.9. The molecule has 0 unspecified atom stereocenters. The van der Waals surface area contributed by atoms with Crippen molar-refractivity contribution in [3.8, 4) is 0 Å². The number of nitrogens with one attached hydrogen (secondary N) is 1. The number of carbonyl (C=O) groups is 1. The number of carbonyl (C=O) groups excluding carboxylic acids is 1. The Balaban J connectivity index is 1.31. The summed E-state index contributed by atoms with van der Waals surface area (Å²) in [6, 6.07) is 19.6. The van der Waals surface area contributed by atoms with Crippen LogP contribution < -0.4 is 14.8 Å². The molecule has 7 heteroatoms. The van der Waals surface area contributed by atoms with Crippen molar-refractivity contribution in [2.75, 3.05) is 23.4 Å². The van der Waals surface area contributed by atoms with Crippen molar-refractivity contribution in [1.82, 2.24) is 4.98 Å². The number of hydrogen-bond acceptors (Lipinski definition) is 5. The molecule has 0 spiro atoms. The molecule has 0 fully saturated rings. The molecule has 170 valence electrons. The van der Waals surface area contributed by atoms with Crippen LogP contribution in [0, 0.1) is 6.92 Å². The number of thiazole rings is 1. The Morgan fingerprint density at radius 3 is 2.82 bits per heavy atom. The standard InChI is InChI=1S/C27H24N4O2S/c1-19-16-23-26(30(2)18-19)34-25(29-23)17-20-12-13-31(24-11-7-6-10-22(20)24)14-15-33-27(32)28-21-8-4-3-5-9-21/h3-13,16-18H,14-15H2,1-2H3/p+1/b20-17+. The molecule has 0 aliphatic carbocycles. The van der Waals surface area contributed by atoms with Crippen LogP contribution in [0.2, 0.25) is 0 Å². The molecule has 0 radical (unpaired) electrons. The van der Waals surface area contributed by atoms with Crippen molar-refractivity contribution in [1.29, 1.82) is 0 Å². The third-order valence-corrected chi connectivity index (χ3v) is 6.66. The SMILES string of the molecule is Cc1cc2nc(/C=C3\C=CN(CCOC(=O)Nc4ccccc4)c4ccccc43)sc2[n+](C)c1. The lowest BCUT2D eigenvalue weighted by Crippen LogP contribution is -2.27. The van der Waals surface area contributed by atoms with Gasteiger partial charge in [0.25, 0.3) is 4.83 Å². The van der Waals surface area contributed by atoms with Gasteiger partial charge in [-0.25, -0.2) is 9.78 Å². The average Bonchev–Trinajstić information content (AvgIpc) is 3.24. The predicted octanol–water partition coefficient (Wildman–Crippen LogP) is 5.55. The van der Waals surface area contributed by atoms with Crippen LogP contribution in [0.25, 0.3) is 22.0 Å². The van der Waals surface area contributed by atoms with Crippen molar-refractivity contribution in [3.05, 3.63) is 95.3 Å². The fraction of sp³-hybridized carbons (Fsp3) is 0.148. The van der Waals surface area contributed by atoms with Gasteiger partial charge >= 0.3 is 6.09 Å². The van der Waals surface area contributed by atoms with Crippen molar-refractivity contribution in [3.63, 3.8) is 0 Å². The summed E-state index contributed by atoms with van der Waals surface area (Å²) in [5, 5.41) is 3.71. The number of hydrogen-bond donors (Lipinski definition) is 1. The van der Waals surface area contributed by atoms with E-state index < -0.39 is 6.09 Å². The normalized spacial score (nSPS) is 13.8. The van der Waals surface area contributed by atoms with E-state index >= 15 is 0 Å². The number of benzene rings is 2. The Kier molecular flexibility index (Phi) is 6.10. The molecule has 1 aliphatic heterocycles. The number of amides is 1. The summed E-state index contributed by atoms with van der Waals surface area (Å²) >= 11 is 1.68. The Bertz CT molecular complexity index is 1410. The highest BCUT2D eigenvalue weighted by Gasteiger charge is 2.18. The number of pyridine rings is 1. The largest absolute Gasteiger partial charge is 0.447 e. The third kappa shape index (κ3) is 4.70. The lowest BCUT2D eigenvalue weighted by atomic mass is 10.00. The van der Waals surface area contributed by atoms with Gasteiger partial charge in [-0.1, -0.05) is 36.4 Å². The Hall–Kier alpha value is -3.97. The maximum atomic E-state index is 12.1. The maximum Gasteiger partial charge on any atom is 0.411 e. The zero-order chi connectivity index (χ0) is 23.5. The summed E-state index contributed by atoms with van der Waals surface area (Å²) in [6.07, 6.45) is 7.91. The van der Waals surface area contributed by atoms with Crippen LogP contribution in [-0.4, -0.2) is 24.2 Å². The Morgan fingerprint density at radius 2 is 1.97 bits per heavy atom. The highest BCUT2D eigenvalue weighted by molar-refractivity contribution is 7.18. The molecule has 1 aliphatic rings. The van der Waals surface area contributed by atoms with Gasteiger partial charge < -0.3 is 9.64 Å². The van der Waals surface area contributed by atoms with E-state index in [9.17, 15) is 4.79 Å². The van der Waals surface area contributed by atoms with Crippen molar-refractivity contribution < 1.29 is 14.1 Å². The molecule has 2 aromatic heterocycles. The van der Waals surface area contributed by atoms with Gasteiger partial charge in [-0.05, 0) is 60.3 Å². The van der Waals surface area contributed by atoms with Gasteiger partial charge in [0.15, 0.2) is 6.20 Å². The summed E-state index contributed by atoms with van der Waals surface area (Å²) in [5.41, 5.74) is 6.22. The summed E-state index contributed by atoms with van der Waals surface area (Å²) < 4.78 is 7.52. The minimum Gasteiger partial charge on any atom is -0.447 e. The quantitative estimate of drug-likeness (QED) is 0.389. The second-order valence-electron chi connectivity index (χ2n) is 8.12. The van der Waals surface area contributed by atoms with Crippen LogP contribution >= 0.6 is 11.3 Å². The van der Waals surface area contributed by atoms with Gasteiger partial charge in [0.2, 0.25) is 0 Å². The van der Waals surface area contributed by atoms with E-state index in [2.05, 4.69) is 65.3 Å². The van der Waals surface area contributed by atoms with Crippen molar-refractivity contribution in [2.45, 2.75) is 6.92 Å². The zero-order valence-corrected chi connectivity index (χ0v) is 19.9. The summed E-state index contributed by atoms with van der Waals surface area (Å²) in [6.45, 7) is 2.91. The molecular weight excluding hydrogens is 444 g/mol. The number of rotatable bonds is 5. The predicted molar refractivity (Wildman–Crippen MR) is 138 cm³/mol. The number of fused-ring (bicyclic) bond motifs is 2. The highest BCUT2D eigenvalue weighted by Crippen LogP contribution is 2.34. The molecule has 1 amide bonds. The van der Waals surface area contributed by atoms with Crippen LogP contribution in [0.3, 0.4) is 0 Å². The van der Waals surface area contributed by atoms with E-state index in [1.807, 2.05) is 48.7 Å². The van der Waals surface area contributed by atoms with Gasteiger partial charge in [0, 0.05) is 28.7 Å². The topological polar surface area (TPSA) is 58.3 Å². The van der Waals surface area contributed by atoms with Crippen LogP contribution in [0.5, 0.6) is 0 Å². The molecule has 2 aromatic carbocycles. The molecular formula is C27H25N4O2S+. The molecule has 34 heavy (non-hydrogen) atoms. The van der Waals surface area contributed by atoms with Gasteiger partial charge in [-0.15, -0.1) is 0 Å². The molecule has 6 nitrogen and oxygen atoms in total. The van der Waals surface area contributed by atoms with Crippen molar-refractivity contribution >= 4 is 50.8 Å². The lowest BCUT2D eigenvalue weighted by Gasteiger charge is -2.27. The molecule has 1 N–H and O–H groups in total. The van der Waals surface area contributed by atoms with Gasteiger partial charge in [0.1, 0.15) is 24.2 Å².